The van der Waals surface area contributed by atoms with E-state index < -0.39 is 0 Å². The van der Waals surface area contributed by atoms with Gasteiger partial charge >= 0.3 is 0 Å². The van der Waals surface area contributed by atoms with Crippen LogP contribution in [0, 0.1) is 5.41 Å². The zero-order valence-corrected chi connectivity index (χ0v) is 11.7. The van der Waals surface area contributed by atoms with Gasteiger partial charge in [-0.2, -0.15) is 0 Å². The first kappa shape index (κ1) is 13.6. The highest BCUT2D eigenvalue weighted by atomic mass is 16.5. The van der Waals surface area contributed by atoms with Crippen molar-refractivity contribution in [2.24, 2.45) is 11.1 Å². The van der Waals surface area contributed by atoms with Gasteiger partial charge in [-0.15, -0.1) is 0 Å². The Labute approximate surface area is 111 Å². The Balaban J connectivity index is 2.14. The number of rotatable bonds is 6. The summed E-state index contributed by atoms with van der Waals surface area (Å²) in [5.41, 5.74) is 10.5. The molecule has 0 saturated heterocycles. The van der Waals surface area contributed by atoms with Crippen molar-refractivity contribution in [3.63, 3.8) is 0 Å². The predicted molar refractivity (Wildman–Crippen MR) is 75.6 cm³/mol. The molecular weight excluding hydrogens is 222 g/mol. The van der Waals surface area contributed by atoms with E-state index in [0.29, 0.717) is 5.41 Å². The summed E-state index contributed by atoms with van der Waals surface area (Å²) in [5, 5.41) is 0. The van der Waals surface area contributed by atoms with Crippen molar-refractivity contribution >= 4 is 0 Å². The lowest BCUT2D eigenvalue weighted by atomic mass is 9.78. The fraction of sp³-hybridized carbons (Fsp3) is 0.625. The Morgan fingerprint density at radius 1 is 1.28 bits per heavy atom. The number of hydrogen-bond donors (Lipinski definition) is 1. The lowest BCUT2D eigenvalue weighted by molar-refractivity contribution is 0.185. The fourth-order valence-corrected chi connectivity index (χ4v) is 3.22. The molecule has 0 amide bonds. The maximum absolute atomic E-state index is 5.67. The van der Waals surface area contributed by atoms with Crippen LogP contribution in [0.2, 0.25) is 0 Å². The Hall–Kier alpha value is -0.860. The van der Waals surface area contributed by atoms with Gasteiger partial charge in [-0.25, -0.2) is 0 Å². The number of ether oxygens (including phenoxy) is 1. The van der Waals surface area contributed by atoms with Crippen LogP contribution in [0.5, 0.6) is 0 Å². The molecule has 0 saturated carbocycles. The van der Waals surface area contributed by atoms with Crippen molar-refractivity contribution in [1.82, 2.24) is 0 Å². The average Bonchev–Trinajstić information content (AvgIpc) is 2.75. The molecule has 1 aliphatic carbocycles. The zero-order valence-electron chi connectivity index (χ0n) is 11.7. The van der Waals surface area contributed by atoms with E-state index in [9.17, 15) is 0 Å². The van der Waals surface area contributed by atoms with E-state index in [1.807, 2.05) is 0 Å². The first-order chi connectivity index (χ1) is 8.73. The van der Waals surface area contributed by atoms with Crippen molar-refractivity contribution in [3.8, 4) is 0 Å². The molecule has 1 aliphatic rings. The third-order valence-electron chi connectivity index (χ3n) is 4.37. The quantitative estimate of drug-likeness (QED) is 0.838. The first-order valence-corrected chi connectivity index (χ1v) is 7.03. The van der Waals surface area contributed by atoms with E-state index in [-0.39, 0.29) is 0 Å². The number of benzene rings is 1. The molecule has 2 heteroatoms. The van der Waals surface area contributed by atoms with Gasteiger partial charge in [0.25, 0.3) is 0 Å². The van der Waals surface area contributed by atoms with Gasteiger partial charge in [0.2, 0.25) is 0 Å². The summed E-state index contributed by atoms with van der Waals surface area (Å²) in [7, 11) is 1.75. The van der Waals surface area contributed by atoms with Gasteiger partial charge in [0.05, 0.1) is 6.61 Å². The summed E-state index contributed by atoms with van der Waals surface area (Å²) in [6.07, 6.45) is 6.10. The second-order valence-electron chi connectivity index (χ2n) is 5.64. The van der Waals surface area contributed by atoms with Crippen molar-refractivity contribution in [2.45, 2.75) is 45.6 Å². The topological polar surface area (TPSA) is 35.2 Å². The molecule has 1 atom stereocenters. The molecule has 2 nitrogen and oxygen atoms in total. The molecule has 100 valence electrons. The first-order valence-electron chi connectivity index (χ1n) is 7.03. The molecule has 0 aromatic heterocycles. The van der Waals surface area contributed by atoms with Crippen LogP contribution in [0.3, 0.4) is 0 Å². The molecule has 0 radical (unpaired) electrons. The molecule has 0 heterocycles. The lowest BCUT2D eigenvalue weighted by Gasteiger charge is -2.27. The Morgan fingerprint density at radius 3 is 2.72 bits per heavy atom. The van der Waals surface area contributed by atoms with Crippen molar-refractivity contribution in [3.05, 3.63) is 34.9 Å². The summed E-state index contributed by atoms with van der Waals surface area (Å²) in [6, 6.07) is 6.83. The molecule has 0 spiro atoms. The van der Waals surface area contributed by atoms with E-state index >= 15 is 0 Å². The highest BCUT2D eigenvalue weighted by molar-refractivity contribution is 5.37. The largest absolute Gasteiger partial charge is 0.380 e. The average molecular weight is 247 g/mol. The number of fused-ring (bicyclic) bond motifs is 1. The minimum Gasteiger partial charge on any atom is -0.380 e. The SMILES string of the molecule is CCC1(CCCN)Cc2ccc(COC)cc2C1. The maximum atomic E-state index is 5.67. The van der Waals surface area contributed by atoms with Crippen LogP contribution >= 0.6 is 0 Å². The summed E-state index contributed by atoms with van der Waals surface area (Å²) in [4.78, 5) is 0. The van der Waals surface area contributed by atoms with E-state index in [4.69, 9.17) is 10.5 Å². The van der Waals surface area contributed by atoms with E-state index in [0.717, 1.165) is 19.6 Å². The second-order valence-corrected chi connectivity index (χ2v) is 5.64. The van der Waals surface area contributed by atoms with E-state index in [1.54, 1.807) is 7.11 Å². The van der Waals surface area contributed by atoms with Gasteiger partial charge in [0.1, 0.15) is 0 Å². The smallest absolute Gasteiger partial charge is 0.0713 e. The minimum absolute atomic E-state index is 0.466. The highest BCUT2D eigenvalue weighted by Gasteiger charge is 2.34. The molecule has 1 unspecified atom stereocenters. The zero-order chi connectivity index (χ0) is 13.0. The van der Waals surface area contributed by atoms with Gasteiger partial charge in [0.15, 0.2) is 0 Å². The monoisotopic (exact) mass is 247 g/mol. The van der Waals surface area contributed by atoms with Crippen LogP contribution in [-0.4, -0.2) is 13.7 Å². The van der Waals surface area contributed by atoms with Crippen LogP contribution in [0.1, 0.15) is 42.9 Å². The van der Waals surface area contributed by atoms with Crippen molar-refractivity contribution in [1.29, 1.82) is 0 Å². The van der Waals surface area contributed by atoms with Crippen LogP contribution in [0.15, 0.2) is 18.2 Å². The van der Waals surface area contributed by atoms with Crippen LogP contribution in [0.25, 0.3) is 0 Å². The summed E-state index contributed by atoms with van der Waals surface area (Å²) >= 11 is 0. The second kappa shape index (κ2) is 5.85. The Morgan fingerprint density at radius 2 is 2.06 bits per heavy atom. The molecular formula is C16H25NO. The molecule has 1 aromatic carbocycles. The standard InChI is InChI=1S/C16H25NO/c1-3-16(7-4-8-17)10-14-6-5-13(12-18-2)9-15(14)11-16/h5-6,9H,3-4,7-8,10-12,17H2,1-2H3. The van der Waals surface area contributed by atoms with Crippen molar-refractivity contribution < 1.29 is 4.74 Å². The predicted octanol–water partition coefficient (Wildman–Crippen LogP) is 3.07. The molecule has 0 fully saturated rings. The van der Waals surface area contributed by atoms with Crippen LogP contribution in [0.4, 0.5) is 0 Å². The lowest BCUT2D eigenvalue weighted by Crippen LogP contribution is -2.21. The van der Waals surface area contributed by atoms with Gasteiger partial charge in [0, 0.05) is 7.11 Å². The van der Waals surface area contributed by atoms with Gasteiger partial charge < -0.3 is 10.5 Å². The molecule has 0 bridgehead atoms. The van der Waals surface area contributed by atoms with Crippen LogP contribution < -0.4 is 5.73 Å². The normalized spacial score (nSPS) is 22.2. The maximum Gasteiger partial charge on any atom is 0.0713 e. The molecule has 2 rings (SSSR count). The Kier molecular flexibility index (Phi) is 4.41. The van der Waals surface area contributed by atoms with Crippen molar-refractivity contribution in [2.75, 3.05) is 13.7 Å². The third-order valence-corrected chi connectivity index (χ3v) is 4.37. The molecule has 0 aliphatic heterocycles. The minimum atomic E-state index is 0.466. The number of nitrogens with two attached hydrogens (primary N) is 1. The Bertz CT molecular complexity index is 402. The number of hydrogen-bond acceptors (Lipinski definition) is 2. The third kappa shape index (κ3) is 2.76. The van der Waals surface area contributed by atoms with E-state index in [1.165, 1.54) is 42.4 Å². The van der Waals surface area contributed by atoms with Gasteiger partial charge in [-0.05, 0) is 60.8 Å². The molecule has 2 N–H and O–H groups in total. The summed E-state index contributed by atoms with van der Waals surface area (Å²) in [6.45, 7) is 3.85. The van der Waals surface area contributed by atoms with Gasteiger partial charge in [-0.1, -0.05) is 25.1 Å². The number of methoxy groups -OCH3 is 1. The molecule has 1 aromatic rings. The molecule has 18 heavy (non-hydrogen) atoms. The highest BCUT2D eigenvalue weighted by Crippen LogP contribution is 2.43. The fourth-order valence-electron chi connectivity index (χ4n) is 3.22. The van der Waals surface area contributed by atoms with E-state index in [2.05, 4.69) is 25.1 Å². The summed E-state index contributed by atoms with van der Waals surface area (Å²) in [5.74, 6) is 0. The summed E-state index contributed by atoms with van der Waals surface area (Å²) < 4.78 is 5.21. The van der Waals surface area contributed by atoms with Crippen LogP contribution in [-0.2, 0) is 24.2 Å². The van der Waals surface area contributed by atoms with Gasteiger partial charge in [-0.3, -0.25) is 0 Å².